The van der Waals surface area contributed by atoms with Gasteiger partial charge in [-0.15, -0.1) is 0 Å². The number of benzene rings is 2. The van der Waals surface area contributed by atoms with Crippen LogP contribution in [0.25, 0.3) is 11.1 Å². The number of halogens is 3. The molecule has 0 fully saturated rings. The van der Waals surface area contributed by atoms with Crippen molar-refractivity contribution in [3.8, 4) is 11.1 Å². The first-order chi connectivity index (χ1) is 15.9. The molecule has 2 aromatic carbocycles. The van der Waals surface area contributed by atoms with Crippen molar-refractivity contribution in [1.29, 1.82) is 0 Å². The van der Waals surface area contributed by atoms with E-state index in [-0.39, 0.29) is 35.7 Å². The highest BCUT2D eigenvalue weighted by molar-refractivity contribution is 5.99. The molecule has 1 aromatic heterocycles. The van der Waals surface area contributed by atoms with Gasteiger partial charge in [0, 0.05) is 23.5 Å². The molecule has 9 heteroatoms. The Morgan fingerprint density at radius 3 is 2.32 bits per heavy atom. The van der Waals surface area contributed by atoms with E-state index in [1.165, 1.54) is 12.1 Å². The number of hydrogen-bond donors (Lipinski definition) is 3. The normalized spacial score (nSPS) is 11.4. The van der Waals surface area contributed by atoms with E-state index >= 15 is 0 Å². The second-order valence-electron chi connectivity index (χ2n) is 8.23. The molecule has 4 N–H and O–H groups in total. The van der Waals surface area contributed by atoms with Crippen molar-refractivity contribution in [2.24, 2.45) is 0 Å². The van der Waals surface area contributed by atoms with Gasteiger partial charge in [0.05, 0.1) is 17.5 Å². The summed E-state index contributed by atoms with van der Waals surface area (Å²) < 4.78 is 38.1. The van der Waals surface area contributed by atoms with E-state index in [0.717, 1.165) is 23.3 Å². The van der Waals surface area contributed by atoms with Crippen molar-refractivity contribution in [3.63, 3.8) is 0 Å². The Bertz CT molecular complexity index is 1210. The molecule has 0 atom stereocenters. The maximum Gasteiger partial charge on any atom is 0.416 e. The van der Waals surface area contributed by atoms with Gasteiger partial charge in [0.15, 0.2) is 0 Å². The fourth-order valence-electron chi connectivity index (χ4n) is 3.41. The van der Waals surface area contributed by atoms with E-state index in [9.17, 15) is 22.8 Å². The lowest BCUT2D eigenvalue weighted by atomic mass is 9.99. The first-order valence-electron chi connectivity index (χ1n) is 10.6. The first kappa shape index (κ1) is 24.8. The average Bonchev–Trinajstić information content (AvgIpc) is 2.73. The van der Waals surface area contributed by atoms with Crippen LogP contribution in [0.4, 0.5) is 24.7 Å². The van der Waals surface area contributed by atoms with Gasteiger partial charge in [-0.1, -0.05) is 18.2 Å². The van der Waals surface area contributed by atoms with Gasteiger partial charge >= 0.3 is 6.18 Å². The van der Waals surface area contributed by atoms with E-state index in [2.05, 4.69) is 15.6 Å². The fraction of sp³-hybridized carbons (Fsp3) is 0.240. The molecule has 0 saturated heterocycles. The highest BCUT2D eigenvalue weighted by Crippen LogP contribution is 2.30. The quantitative estimate of drug-likeness (QED) is 0.474. The summed E-state index contributed by atoms with van der Waals surface area (Å²) in [4.78, 5) is 28.9. The van der Waals surface area contributed by atoms with E-state index in [0.29, 0.717) is 16.8 Å². The maximum absolute atomic E-state index is 12.7. The SMILES string of the molecule is Cc1cc(NC(=O)Cc2ccc(C(F)(F)F)cc2)ccc1-c1cnc(N)c(C(=O)NC(C)C)c1. The number of pyridine rings is 1. The summed E-state index contributed by atoms with van der Waals surface area (Å²) in [7, 11) is 0. The first-order valence-corrected chi connectivity index (χ1v) is 10.6. The lowest BCUT2D eigenvalue weighted by Crippen LogP contribution is -2.30. The van der Waals surface area contributed by atoms with E-state index in [1.54, 1.807) is 30.5 Å². The third-order valence-corrected chi connectivity index (χ3v) is 5.05. The van der Waals surface area contributed by atoms with Gasteiger partial charge in [-0.3, -0.25) is 9.59 Å². The average molecular weight is 470 g/mol. The molecular weight excluding hydrogens is 445 g/mol. The molecule has 0 aliphatic heterocycles. The molecule has 0 radical (unpaired) electrons. The molecule has 0 aliphatic carbocycles. The highest BCUT2D eigenvalue weighted by atomic mass is 19.4. The van der Waals surface area contributed by atoms with Crippen LogP contribution in [0.3, 0.4) is 0 Å². The number of nitrogens with two attached hydrogens (primary N) is 1. The van der Waals surface area contributed by atoms with Crippen LogP contribution in [0.2, 0.25) is 0 Å². The lowest BCUT2D eigenvalue weighted by molar-refractivity contribution is -0.137. The van der Waals surface area contributed by atoms with Crippen LogP contribution in [0, 0.1) is 6.92 Å². The number of nitrogen functional groups attached to an aromatic ring is 1. The van der Waals surface area contributed by atoms with Gasteiger partial charge in [0.25, 0.3) is 5.91 Å². The van der Waals surface area contributed by atoms with Gasteiger partial charge in [0.1, 0.15) is 5.82 Å². The van der Waals surface area contributed by atoms with Gasteiger partial charge in [-0.2, -0.15) is 13.2 Å². The number of nitrogens with one attached hydrogen (secondary N) is 2. The summed E-state index contributed by atoms with van der Waals surface area (Å²) in [6, 6.07) is 11.4. The molecule has 3 aromatic rings. The molecule has 1 heterocycles. The predicted molar refractivity (Wildman–Crippen MR) is 125 cm³/mol. The Kier molecular flexibility index (Phi) is 7.24. The Labute approximate surface area is 195 Å². The monoisotopic (exact) mass is 470 g/mol. The van der Waals surface area contributed by atoms with Gasteiger partial charge in [-0.05, 0) is 67.8 Å². The van der Waals surface area contributed by atoms with Crippen LogP contribution in [0.15, 0.2) is 54.7 Å². The minimum atomic E-state index is -4.42. The zero-order chi connectivity index (χ0) is 25.0. The predicted octanol–water partition coefficient (Wildman–Crippen LogP) is 4.98. The number of aromatic nitrogens is 1. The molecule has 0 aliphatic rings. The highest BCUT2D eigenvalue weighted by Gasteiger charge is 2.30. The largest absolute Gasteiger partial charge is 0.416 e. The van der Waals surface area contributed by atoms with Crippen LogP contribution in [-0.4, -0.2) is 22.8 Å². The zero-order valence-electron chi connectivity index (χ0n) is 19.0. The number of hydrogen-bond acceptors (Lipinski definition) is 4. The molecule has 6 nitrogen and oxygen atoms in total. The second kappa shape index (κ2) is 9.94. The lowest BCUT2D eigenvalue weighted by Gasteiger charge is -2.13. The minimum absolute atomic E-state index is 0.0530. The number of aryl methyl sites for hydroxylation is 1. The van der Waals surface area contributed by atoms with Crippen LogP contribution < -0.4 is 16.4 Å². The summed E-state index contributed by atoms with van der Waals surface area (Å²) in [6.07, 6.45) is -2.90. The number of alkyl halides is 3. The summed E-state index contributed by atoms with van der Waals surface area (Å²) >= 11 is 0. The molecule has 178 valence electrons. The molecule has 3 rings (SSSR count). The Balaban J connectivity index is 1.73. The van der Waals surface area contributed by atoms with E-state index in [4.69, 9.17) is 5.73 Å². The van der Waals surface area contributed by atoms with Crippen molar-refractivity contribution in [1.82, 2.24) is 10.3 Å². The van der Waals surface area contributed by atoms with Gasteiger partial charge in [-0.25, -0.2) is 4.98 Å². The number of amides is 2. The standard InChI is InChI=1S/C25H25F3N4O2/c1-14(2)31-24(34)21-12-17(13-30-23(21)29)20-9-8-19(10-15(20)3)32-22(33)11-16-4-6-18(7-5-16)25(26,27)28/h4-10,12-14H,11H2,1-3H3,(H2,29,30)(H,31,34)(H,32,33). The van der Waals surface area contributed by atoms with Crippen molar-refractivity contribution in [3.05, 3.63) is 77.0 Å². The Morgan fingerprint density at radius 2 is 1.74 bits per heavy atom. The summed E-state index contributed by atoms with van der Waals surface area (Å²) in [5.41, 5.74) is 8.75. The summed E-state index contributed by atoms with van der Waals surface area (Å²) in [5, 5.41) is 5.55. The molecule has 0 spiro atoms. The number of carbonyl (C=O) groups is 2. The third-order valence-electron chi connectivity index (χ3n) is 5.05. The summed E-state index contributed by atoms with van der Waals surface area (Å²) in [6.45, 7) is 5.55. The fourth-order valence-corrected chi connectivity index (χ4v) is 3.41. The maximum atomic E-state index is 12.7. The van der Waals surface area contributed by atoms with E-state index < -0.39 is 11.7 Å². The second-order valence-corrected chi connectivity index (χ2v) is 8.23. The smallest absolute Gasteiger partial charge is 0.383 e. The van der Waals surface area contributed by atoms with Crippen LogP contribution in [0.5, 0.6) is 0 Å². The van der Waals surface area contributed by atoms with Crippen molar-refractivity contribution in [2.75, 3.05) is 11.1 Å². The third kappa shape index (κ3) is 6.12. The van der Waals surface area contributed by atoms with Crippen molar-refractivity contribution in [2.45, 2.75) is 39.4 Å². The molecular formula is C25H25F3N4O2. The molecule has 0 unspecified atom stereocenters. The van der Waals surface area contributed by atoms with Gasteiger partial charge < -0.3 is 16.4 Å². The van der Waals surface area contributed by atoms with Crippen LogP contribution >= 0.6 is 0 Å². The number of anilines is 2. The van der Waals surface area contributed by atoms with Crippen LogP contribution in [-0.2, 0) is 17.4 Å². The number of carbonyl (C=O) groups excluding carboxylic acids is 2. The summed E-state index contributed by atoms with van der Waals surface area (Å²) in [5.74, 6) is -0.535. The Hall–Kier alpha value is -3.88. The molecule has 34 heavy (non-hydrogen) atoms. The minimum Gasteiger partial charge on any atom is -0.383 e. The number of rotatable bonds is 6. The van der Waals surface area contributed by atoms with Crippen molar-refractivity contribution < 1.29 is 22.8 Å². The molecule has 0 saturated carbocycles. The van der Waals surface area contributed by atoms with Crippen LogP contribution in [0.1, 0.15) is 40.9 Å². The van der Waals surface area contributed by atoms with Crippen molar-refractivity contribution >= 4 is 23.3 Å². The molecule has 0 bridgehead atoms. The van der Waals surface area contributed by atoms with Gasteiger partial charge in [0.2, 0.25) is 5.91 Å². The van der Waals surface area contributed by atoms with E-state index in [1.807, 2.05) is 20.8 Å². The zero-order valence-corrected chi connectivity index (χ0v) is 19.0. The topological polar surface area (TPSA) is 97.1 Å². The Morgan fingerprint density at radius 1 is 1.06 bits per heavy atom. The number of nitrogens with zero attached hydrogens (tertiary/aromatic N) is 1. The molecule has 2 amide bonds.